The van der Waals surface area contributed by atoms with E-state index in [-0.39, 0.29) is 18.1 Å². The Balaban J connectivity index is 3.64. The van der Waals surface area contributed by atoms with Crippen LogP contribution in [-0.2, 0) is 9.59 Å². The Labute approximate surface area is 53.8 Å². The van der Waals surface area contributed by atoms with Crippen molar-refractivity contribution < 1.29 is 9.59 Å². The summed E-state index contributed by atoms with van der Waals surface area (Å²) in [4.78, 5) is 24.0. The Kier molecular flexibility index (Phi) is 3.51. The van der Waals surface area contributed by atoms with Crippen LogP contribution < -0.4 is 0 Å². The van der Waals surface area contributed by atoms with Gasteiger partial charge in [-0.1, -0.05) is 0 Å². The van der Waals surface area contributed by atoms with Gasteiger partial charge < -0.3 is 0 Å². The molecule has 50 valence electrons. The molecule has 0 spiro atoms. The van der Waals surface area contributed by atoms with Crippen molar-refractivity contribution in [1.29, 1.82) is 0 Å². The predicted octanol–water partition coefficient (Wildman–Crippen LogP) is 0.583. The summed E-state index contributed by atoms with van der Waals surface area (Å²) in [6, 6.07) is 0. The number of hydrogen-bond acceptors (Lipinski definition) is 2. The first-order valence-electron chi connectivity index (χ1n) is 2.67. The molecule has 0 aliphatic heterocycles. The Morgan fingerprint density at radius 3 is 2.44 bits per heavy atom. The van der Waals surface area contributed by atoms with Gasteiger partial charge in [-0.25, -0.2) is 4.99 Å². The number of hydrogen-bond donors (Lipinski definition) is 0. The molecule has 0 saturated heterocycles. The molecular formula is C6H9NO2. The van der Waals surface area contributed by atoms with Crippen molar-refractivity contribution in [2.75, 3.05) is 0 Å². The van der Waals surface area contributed by atoms with E-state index in [4.69, 9.17) is 0 Å². The molecule has 0 saturated carbocycles. The highest BCUT2D eigenvalue weighted by atomic mass is 16.2. The third-order valence-corrected chi connectivity index (χ3v) is 0.673. The summed E-state index contributed by atoms with van der Waals surface area (Å²) >= 11 is 0. The maximum absolute atomic E-state index is 10.4. The van der Waals surface area contributed by atoms with Crippen molar-refractivity contribution >= 4 is 17.9 Å². The van der Waals surface area contributed by atoms with Crippen molar-refractivity contribution in [2.45, 2.75) is 20.3 Å². The van der Waals surface area contributed by atoms with Crippen LogP contribution in [0.5, 0.6) is 0 Å². The van der Waals surface area contributed by atoms with Gasteiger partial charge in [0.1, 0.15) is 5.78 Å². The third kappa shape index (κ3) is 4.87. The molecule has 0 aliphatic carbocycles. The fraction of sp³-hybridized carbons (Fsp3) is 0.500. The van der Waals surface area contributed by atoms with Crippen LogP contribution in [0.3, 0.4) is 0 Å². The van der Waals surface area contributed by atoms with Crippen molar-refractivity contribution in [3.05, 3.63) is 0 Å². The predicted molar refractivity (Wildman–Crippen MR) is 34.5 cm³/mol. The first-order valence-corrected chi connectivity index (χ1v) is 2.67. The zero-order valence-electron chi connectivity index (χ0n) is 5.55. The lowest BCUT2D eigenvalue weighted by molar-refractivity contribution is -0.125. The molecule has 0 aromatic rings. The molecule has 0 unspecified atom stereocenters. The summed E-state index contributed by atoms with van der Waals surface area (Å²) in [6.07, 6.45) is 1.30. The van der Waals surface area contributed by atoms with E-state index in [9.17, 15) is 9.59 Å². The first kappa shape index (κ1) is 8.01. The third-order valence-electron chi connectivity index (χ3n) is 0.673. The lowest BCUT2D eigenvalue weighted by Gasteiger charge is -1.84. The Morgan fingerprint density at radius 1 is 1.56 bits per heavy atom. The van der Waals surface area contributed by atoms with E-state index in [0.29, 0.717) is 0 Å². The maximum Gasteiger partial charge on any atom is 0.252 e. The average molecular weight is 127 g/mol. The van der Waals surface area contributed by atoms with E-state index in [1.807, 2.05) is 0 Å². The van der Waals surface area contributed by atoms with Crippen LogP contribution in [0.15, 0.2) is 4.99 Å². The number of ketones is 1. The summed E-state index contributed by atoms with van der Waals surface area (Å²) in [7, 11) is 0. The lowest BCUT2D eigenvalue weighted by atomic mass is 10.3. The van der Waals surface area contributed by atoms with Gasteiger partial charge in [0, 0.05) is 6.21 Å². The van der Waals surface area contributed by atoms with Gasteiger partial charge >= 0.3 is 0 Å². The van der Waals surface area contributed by atoms with Gasteiger partial charge in [-0.15, -0.1) is 0 Å². The van der Waals surface area contributed by atoms with E-state index in [2.05, 4.69) is 4.99 Å². The number of carbonyl (C=O) groups is 2. The van der Waals surface area contributed by atoms with Gasteiger partial charge in [0.15, 0.2) is 0 Å². The number of rotatable bonds is 2. The zero-order valence-corrected chi connectivity index (χ0v) is 5.55. The van der Waals surface area contributed by atoms with Gasteiger partial charge in [0.05, 0.1) is 6.42 Å². The lowest BCUT2D eigenvalue weighted by Crippen LogP contribution is -2.00. The Bertz CT molecular complexity index is 149. The minimum absolute atomic E-state index is 0.0790. The van der Waals surface area contributed by atoms with Crippen LogP contribution in [0.25, 0.3) is 0 Å². The fourth-order valence-electron chi connectivity index (χ4n) is 0.403. The zero-order chi connectivity index (χ0) is 7.28. The second-order valence-electron chi connectivity index (χ2n) is 1.66. The molecule has 0 radical (unpaired) electrons. The van der Waals surface area contributed by atoms with Crippen LogP contribution in [0.1, 0.15) is 20.3 Å². The smallest absolute Gasteiger partial charge is 0.252 e. The van der Waals surface area contributed by atoms with Crippen LogP contribution in [0, 0.1) is 0 Å². The molecule has 0 rings (SSSR count). The van der Waals surface area contributed by atoms with Gasteiger partial charge in [-0.2, -0.15) is 0 Å². The molecule has 3 nitrogen and oxygen atoms in total. The number of nitrogens with zero attached hydrogens (tertiary/aromatic N) is 1. The number of carbonyl (C=O) groups excluding carboxylic acids is 2. The van der Waals surface area contributed by atoms with Crippen LogP contribution in [0.4, 0.5) is 0 Å². The minimum Gasteiger partial charge on any atom is -0.299 e. The molecule has 0 bridgehead atoms. The SMILES string of the molecule is CC=NC(=O)CC(C)=O. The van der Waals surface area contributed by atoms with E-state index >= 15 is 0 Å². The molecule has 9 heavy (non-hydrogen) atoms. The summed E-state index contributed by atoms with van der Waals surface area (Å²) in [5.74, 6) is -0.518. The van der Waals surface area contributed by atoms with E-state index in [1.54, 1.807) is 6.92 Å². The highest BCUT2D eigenvalue weighted by Gasteiger charge is 1.99. The topological polar surface area (TPSA) is 46.5 Å². The number of aliphatic imine (C=N–C) groups is 1. The maximum atomic E-state index is 10.4. The highest BCUT2D eigenvalue weighted by molar-refractivity contribution is 5.99. The van der Waals surface area contributed by atoms with Crippen molar-refractivity contribution in [1.82, 2.24) is 0 Å². The van der Waals surface area contributed by atoms with E-state index in [0.717, 1.165) is 0 Å². The monoisotopic (exact) mass is 127 g/mol. The molecule has 0 aliphatic rings. The van der Waals surface area contributed by atoms with Gasteiger partial charge in [0.25, 0.3) is 5.91 Å². The fourth-order valence-corrected chi connectivity index (χ4v) is 0.403. The molecule has 1 amide bonds. The minimum atomic E-state index is -0.370. The highest BCUT2D eigenvalue weighted by Crippen LogP contribution is 1.84. The first-order chi connectivity index (χ1) is 4.16. The van der Waals surface area contributed by atoms with Crippen LogP contribution in [-0.4, -0.2) is 17.9 Å². The molecule has 0 aromatic heterocycles. The molecule has 3 heteroatoms. The van der Waals surface area contributed by atoms with Crippen molar-refractivity contribution in [3.8, 4) is 0 Å². The normalized spacial score (nSPS) is 10.0. The summed E-state index contributed by atoms with van der Waals surface area (Å²) in [6.45, 7) is 3.00. The molecule has 0 fully saturated rings. The number of Topliss-reactive ketones (excluding diaryl/α,β-unsaturated/α-hetero) is 1. The Morgan fingerprint density at radius 2 is 2.11 bits per heavy atom. The van der Waals surface area contributed by atoms with Gasteiger partial charge in [-0.05, 0) is 13.8 Å². The Hall–Kier alpha value is -0.990. The van der Waals surface area contributed by atoms with Crippen LogP contribution >= 0.6 is 0 Å². The van der Waals surface area contributed by atoms with E-state index in [1.165, 1.54) is 13.1 Å². The summed E-state index contributed by atoms with van der Waals surface area (Å²) < 4.78 is 0. The molecule has 0 aromatic carbocycles. The van der Waals surface area contributed by atoms with Crippen molar-refractivity contribution in [3.63, 3.8) is 0 Å². The second kappa shape index (κ2) is 3.95. The quantitative estimate of drug-likeness (QED) is 0.402. The number of amides is 1. The van der Waals surface area contributed by atoms with Crippen LogP contribution in [0.2, 0.25) is 0 Å². The van der Waals surface area contributed by atoms with E-state index < -0.39 is 0 Å². The van der Waals surface area contributed by atoms with Gasteiger partial charge in [0.2, 0.25) is 0 Å². The summed E-state index contributed by atoms with van der Waals surface area (Å²) in [5, 5.41) is 0. The van der Waals surface area contributed by atoms with Crippen molar-refractivity contribution in [2.24, 2.45) is 4.99 Å². The molecule has 0 N–H and O–H groups in total. The second-order valence-corrected chi connectivity index (χ2v) is 1.66. The average Bonchev–Trinajstić information content (AvgIpc) is 1.63. The largest absolute Gasteiger partial charge is 0.299 e. The molecule has 0 heterocycles. The summed E-state index contributed by atoms with van der Waals surface area (Å²) in [5.41, 5.74) is 0. The molecule has 0 atom stereocenters. The molecular weight excluding hydrogens is 118 g/mol. The van der Waals surface area contributed by atoms with Gasteiger partial charge in [-0.3, -0.25) is 9.59 Å². The standard InChI is InChI=1S/C6H9NO2/c1-3-7-6(9)4-5(2)8/h3H,4H2,1-2H3.